The second kappa shape index (κ2) is 6.71. The Morgan fingerprint density at radius 1 is 1.07 bits per heavy atom. The first-order valence-electron chi connectivity index (χ1n) is 6.42. The van der Waals surface area contributed by atoms with E-state index in [2.05, 4.69) is 13.8 Å². The highest BCUT2D eigenvalue weighted by atomic mass is 35.5. The first-order chi connectivity index (χ1) is 6.77. The van der Waals surface area contributed by atoms with Crippen molar-refractivity contribution >= 4 is 11.6 Å². The fourth-order valence-corrected chi connectivity index (χ4v) is 3.23. The minimum Gasteiger partial charge on any atom is -0.123 e. The summed E-state index contributed by atoms with van der Waals surface area (Å²) in [6, 6.07) is 0. The van der Waals surface area contributed by atoms with Crippen molar-refractivity contribution in [1.29, 1.82) is 0 Å². The Kier molecular flexibility index (Phi) is 5.93. The molecule has 1 unspecified atom stereocenters. The van der Waals surface area contributed by atoms with Crippen molar-refractivity contribution in [1.82, 2.24) is 0 Å². The number of rotatable bonds is 5. The molecule has 0 nitrogen and oxygen atoms in total. The Morgan fingerprint density at radius 3 is 2.21 bits per heavy atom. The van der Waals surface area contributed by atoms with Crippen molar-refractivity contribution in [2.75, 3.05) is 0 Å². The number of hydrogen-bond acceptors (Lipinski definition) is 0. The Balaban J connectivity index is 2.21. The van der Waals surface area contributed by atoms with Crippen LogP contribution >= 0.6 is 11.6 Å². The molecule has 0 aliphatic heterocycles. The van der Waals surface area contributed by atoms with Crippen LogP contribution in [0.5, 0.6) is 0 Å². The van der Waals surface area contributed by atoms with Gasteiger partial charge in [-0.3, -0.25) is 0 Å². The van der Waals surface area contributed by atoms with Gasteiger partial charge >= 0.3 is 0 Å². The molecule has 0 aromatic rings. The van der Waals surface area contributed by atoms with Crippen molar-refractivity contribution in [3.05, 3.63) is 0 Å². The molecule has 0 aromatic carbocycles. The van der Waals surface area contributed by atoms with Gasteiger partial charge in [0, 0.05) is 5.38 Å². The van der Waals surface area contributed by atoms with Crippen LogP contribution in [0.15, 0.2) is 0 Å². The Bertz CT molecular complexity index is 136. The predicted molar refractivity (Wildman–Crippen MR) is 64.9 cm³/mol. The predicted octanol–water partition coefficient (Wildman–Crippen LogP) is 5.00. The van der Waals surface area contributed by atoms with Crippen LogP contribution in [0, 0.1) is 11.8 Å². The van der Waals surface area contributed by atoms with E-state index in [1.807, 2.05) is 0 Å². The standard InChI is InChI=1S/C13H25Cl/c1-3-5-11-7-9-12(10-8-11)13(14)6-4-2/h11-13H,3-10H2,1-2H3. The van der Waals surface area contributed by atoms with Gasteiger partial charge in [0.2, 0.25) is 0 Å². The van der Waals surface area contributed by atoms with Gasteiger partial charge in [0.1, 0.15) is 0 Å². The second-order valence-corrected chi connectivity index (χ2v) is 5.43. The molecule has 1 saturated carbocycles. The minimum absolute atomic E-state index is 0.461. The molecule has 1 atom stereocenters. The van der Waals surface area contributed by atoms with E-state index in [0.717, 1.165) is 11.8 Å². The Morgan fingerprint density at radius 2 is 1.71 bits per heavy atom. The molecule has 84 valence electrons. The molecular formula is C13H25Cl. The highest BCUT2D eigenvalue weighted by molar-refractivity contribution is 6.20. The maximum atomic E-state index is 6.38. The van der Waals surface area contributed by atoms with Gasteiger partial charge < -0.3 is 0 Å². The summed E-state index contributed by atoms with van der Waals surface area (Å²) in [7, 11) is 0. The summed E-state index contributed by atoms with van der Waals surface area (Å²) in [5.74, 6) is 1.84. The number of halogens is 1. The summed E-state index contributed by atoms with van der Waals surface area (Å²) in [4.78, 5) is 0. The van der Waals surface area contributed by atoms with Gasteiger partial charge in [-0.1, -0.05) is 46.0 Å². The van der Waals surface area contributed by atoms with E-state index in [4.69, 9.17) is 11.6 Å². The fraction of sp³-hybridized carbons (Fsp3) is 1.00. The van der Waals surface area contributed by atoms with Crippen molar-refractivity contribution in [3.8, 4) is 0 Å². The SMILES string of the molecule is CCCC1CCC(C(Cl)CCC)CC1. The van der Waals surface area contributed by atoms with Crippen LogP contribution in [0.2, 0.25) is 0 Å². The van der Waals surface area contributed by atoms with E-state index in [1.54, 1.807) is 0 Å². The molecule has 0 saturated heterocycles. The Hall–Kier alpha value is 0.290. The summed E-state index contributed by atoms with van der Waals surface area (Å²) in [5.41, 5.74) is 0. The zero-order chi connectivity index (χ0) is 10.4. The van der Waals surface area contributed by atoms with Crippen LogP contribution in [-0.2, 0) is 0 Å². The van der Waals surface area contributed by atoms with Crippen molar-refractivity contribution < 1.29 is 0 Å². The van der Waals surface area contributed by atoms with E-state index in [-0.39, 0.29) is 0 Å². The quantitative estimate of drug-likeness (QED) is 0.568. The van der Waals surface area contributed by atoms with Gasteiger partial charge in [0.15, 0.2) is 0 Å². The molecule has 0 radical (unpaired) electrons. The number of alkyl halides is 1. The third-order valence-corrected chi connectivity index (χ3v) is 4.24. The van der Waals surface area contributed by atoms with Gasteiger partial charge in [-0.05, 0) is 31.1 Å². The maximum absolute atomic E-state index is 6.38. The topological polar surface area (TPSA) is 0 Å². The van der Waals surface area contributed by atoms with Crippen molar-refractivity contribution in [3.63, 3.8) is 0 Å². The molecular weight excluding hydrogens is 192 g/mol. The van der Waals surface area contributed by atoms with E-state index >= 15 is 0 Å². The third-order valence-electron chi connectivity index (χ3n) is 3.66. The van der Waals surface area contributed by atoms with Gasteiger partial charge in [-0.15, -0.1) is 11.6 Å². The molecule has 14 heavy (non-hydrogen) atoms. The average molecular weight is 217 g/mol. The third kappa shape index (κ3) is 3.81. The zero-order valence-corrected chi connectivity index (χ0v) is 10.5. The molecule has 0 heterocycles. The average Bonchev–Trinajstić information content (AvgIpc) is 2.20. The lowest BCUT2D eigenvalue weighted by Crippen LogP contribution is -2.22. The summed E-state index contributed by atoms with van der Waals surface area (Å²) in [5, 5.41) is 0.461. The lowest BCUT2D eigenvalue weighted by atomic mass is 9.78. The van der Waals surface area contributed by atoms with Gasteiger partial charge in [0.05, 0.1) is 0 Å². The monoisotopic (exact) mass is 216 g/mol. The summed E-state index contributed by atoms with van der Waals surface area (Å²) >= 11 is 6.38. The van der Waals surface area contributed by atoms with Gasteiger partial charge in [-0.25, -0.2) is 0 Å². The number of hydrogen-bond donors (Lipinski definition) is 0. The largest absolute Gasteiger partial charge is 0.123 e. The molecule has 0 bridgehead atoms. The summed E-state index contributed by atoms with van der Waals surface area (Å²) in [6.45, 7) is 4.53. The lowest BCUT2D eigenvalue weighted by Gasteiger charge is -2.31. The Labute approximate surface area is 94.4 Å². The van der Waals surface area contributed by atoms with Crippen LogP contribution < -0.4 is 0 Å². The molecule has 0 aromatic heterocycles. The van der Waals surface area contributed by atoms with Crippen molar-refractivity contribution in [2.24, 2.45) is 11.8 Å². The van der Waals surface area contributed by atoms with E-state index < -0.39 is 0 Å². The normalized spacial score (nSPS) is 30.2. The van der Waals surface area contributed by atoms with E-state index in [1.165, 1.54) is 51.4 Å². The van der Waals surface area contributed by atoms with Crippen LogP contribution in [-0.4, -0.2) is 5.38 Å². The van der Waals surface area contributed by atoms with Crippen LogP contribution in [0.3, 0.4) is 0 Å². The molecule has 0 spiro atoms. The highest BCUT2D eigenvalue weighted by Crippen LogP contribution is 2.36. The summed E-state index contributed by atoms with van der Waals surface area (Å²) in [6.07, 6.45) is 10.9. The van der Waals surface area contributed by atoms with Crippen LogP contribution in [0.1, 0.15) is 65.2 Å². The summed E-state index contributed by atoms with van der Waals surface area (Å²) < 4.78 is 0. The zero-order valence-electron chi connectivity index (χ0n) is 9.77. The fourth-order valence-electron chi connectivity index (χ4n) is 2.76. The minimum atomic E-state index is 0.461. The smallest absolute Gasteiger partial charge is 0.0364 e. The lowest BCUT2D eigenvalue weighted by molar-refractivity contribution is 0.252. The molecule has 1 aliphatic carbocycles. The van der Waals surface area contributed by atoms with Gasteiger partial charge in [-0.2, -0.15) is 0 Å². The second-order valence-electron chi connectivity index (χ2n) is 4.87. The molecule has 1 fully saturated rings. The molecule has 1 heteroatoms. The molecule has 1 rings (SSSR count). The van der Waals surface area contributed by atoms with E-state index in [9.17, 15) is 0 Å². The highest BCUT2D eigenvalue weighted by Gasteiger charge is 2.25. The van der Waals surface area contributed by atoms with Gasteiger partial charge in [0.25, 0.3) is 0 Å². The van der Waals surface area contributed by atoms with E-state index in [0.29, 0.717) is 5.38 Å². The molecule has 0 amide bonds. The molecule has 0 N–H and O–H groups in total. The first kappa shape index (κ1) is 12.4. The van der Waals surface area contributed by atoms with Crippen LogP contribution in [0.25, 0.3) is 0 Å². The first-order valence-corrected chi connectivity index (χ1v) is 6.85. The van der Waals surface area contributed by atoms with Crippen LogP contribution in [0.4, 0.5) is 0 Å². The molecule has 1 aliphatic rings. The maximum Gasteiger partial charge on any atom is 0.0364 e. The van der Waals surface area contributed by atoms with Crippen molar-refractivity contribution in [2.45, 2.75) is 70.6 Å².